The number of hydrogen-bond donors (Lipinski definition) is 0. The van der Waals surface area contributed by atoms with Gasteiger partial charge in [0.15, 0.2) is 0 Å². The van der Waals surface area contributed by atoms with Gasteiger partial charge in [0.1, 0.15) is 0 Å². The topological polar surface area (TPSA) is 19.0 Å². The maximum absolute atomic E-state index is 5.12. The number of methoxy groups -OCH3 is 1. The van der Waals surface area contributed by atoms with Crippen molar-refractivity contribution in [2.45, 2.75) is 52.6 Å². The Morgan fingerprint density at radius 1 is 0.762 bits per heavy atom. The molecule has 0 saturated heterocycles. The summed E-state index contributed by atoms with van der Waals surface area (Å²) in [6, 6.07) is 1.26. The van der Waals surface area contributed by atoms with Gasteiger partial charge < -0.3 is 19.4 Å². The zero-order valence-electron chi connectivity index (χ0n) is 16.1. The van der Waals surface area contributed by atoms with Crippen molar-refractivity contribution in [3.63, 3.8) is 0 Å². The Bertz CT molecular complexity index is 212. The largest absolute Gasteiger partial charge is 0.383 e. The molecule has 0 N–H and O–H groups in total. The minimum absolute atomic E-state index is 0.610. The van der Waals surface area contributed by atoms with E-state index in [4.69, 9.17) is 4.74 Å². The summed E-state index contributed by atoms with van der Waals surface area (Å²) >= 11 is 0. The van der Waals surface area contributed by atoms with Crippen LogP contribution in [-0.4, -0.2) is 88.3 Å². The van der Waals surface area contributed by atoms with Gasteiger partial charge >= 0.3 is 0 Å². The van der Waals surface area contributed by atoms with Gasteiger partial charge in [0, 0.05) is 25.7 Å². The van der Waals surface area contributed by atoms with Crippen LogP contribution in [-0.2, 0) is 4.74 Å². The highest BCUT2D eigenvalue weighted by atomic mass is 16.5. The fraction of sp³-hybridized carbons (Fsp3) is 1.00. The SMILES string of the molecule is CC.COCCN(C)C(C)CCN(C)C(C)CCN(C)C. The van der Waals surface area contributed by atoms with Crippen LogP contribution >= 0.6 is 0 Å². The predicted octanol–water partition coefficient (Wildman–Crippen LogP) is 2.64. The molecule has 0 fully saturated rings. The molecule has 4 nitrogen and oxygen atoms in total. The van der Waals surface area contributed by atoms with Gasteiger partial charge in [-0.3, -0.25) is 0 Å². The van der Waals surface area contributed by atoms with Crippen LogP contribution in [0.1, 0.15) is 40.5 Å². The van der Waals surface area contributed by atoms with Gasteiger partial charge in [-0.2, -0.15) is 0 Å². The van der Waals surface area contributed by atoms with Crippen molar-refractivity contribution in [1.29, 1.82) is 0 Å². The lowest BCUT2D eigenvalue weighted by Crippen LogP contribution is -2.38. The second kappa shape index (κ2) is 14.8. The third-order valence-corrected chi connectivity index (χ3v) is 4.05. The van der Waals surface area contributed by atoms with E-state index in [-0.39, 0.29) is 0 Å². The van der Waals surface area contributed by atoms with Crippen molar-refractivity contribution >= 4 is 0 Å². The molecule has 0 radical (unpaired) electrons. The quantitative estimate of drug-likeness (QED) is 0.584. The Morgan fingerprint density at radius 3 is 1.62 bits per heavy atom. The first-order valence-electron chi connectivity index (χ1n) is 8.42. The lowest BCUT2D eigenvalue weighted by molar-refractivity contribution is 0.131. The second-order valence-electron chi connectivity index (χ2n) is 6.03. The molecule has 0 spiro atoms. The first-order chi connectivity index (χ1) is 9.88. The lowest BCUT2D eigenvalue weighted by Gasteiger charge is -2.30. The van der Waals surface area contributed by atoms with Crippen LogP contribution in [0, 0.1) is 0 Å². The Hall–Kier alpha value is -0.160. The van der Waals surface area contributed by atoms with Crippen LogP contribution < -0.4 is 0 Å². The average Bonchev–Trinajstić information content (AvgIpc) is 2.49. The molecular formula is C17H41N3O. The first-order valence-corrected chi connectivity index (χ1v) is 8.42. The van der Waals surface area contributed by atoms with E-state index < -0.39 is 0 Å². The van der Waals surface area contributed by atoms with Crippen LogP contribution in [0.3, 0.4) is 0 Å². The number of ether oxygens (including phenoxy) is 1. The van der Waals surface area contributed by atoms with Crippen LogP contribution in [0.5, 0.6) is 0 Å². The van der Waals surface area contributed by atoms with E-state index in [1.807, 2.05) is 13.8 Å². The summed E-state index contributed by atoms with van der Waals surface area (Å²) in [4.78, 5) is 7.11. The third kappa shape index (κ3) is 13.2. The van der Waals surface area contributed by atoms with E-state index in [0.717, 1.165) is 26.2 Å². The molecule has 0 aromatic rings. The van der Waals surface area contributed by atoms with E-state index >= 15 is 0 Å². The van der Waals surface area contributed by atoms with E-state index in [2.05, 4.69) is 56.7 Å². The molecule has 0 heterocycles. The maximum Gasteiger partial charge on any atom is 0.0589 e. The molecule has 4 heteroatoms. The second-order valence-corrected chi connectivity index (χ2v) is 6.03. The molecule has 2 unspecified atom stereocenters. The van der Waals surface area contributed by atoms with Crippen molar-refractivity contribution in [2.24, 2.45) is 0 Å². The van der Waals surface area contributed by atoms with Gasteiger partial charge in [0.2, 0.25) is 0 Å². The van der Waals surface area contributed by atoms with E-state index in [1.165, 1.54) is 12.8 Å². The summed E-state index contributed by atoms with van der Waals surface area (Å²) in [6.45, 7) is 12.8. The summed E-state index contributed by atoms with van der Waals surface area (Å²) in [7, 11) is 10.5. The number of hydrogen-bond acceptors (Lipinski definition) is 4. The molecule has 0 aliphatic rings. The molecular weight excluding hydrogens is 262 g/mol. The lowest BCUT2D eigenvalue weighted by atomic mass is 10.1. The van der Waals surface area contributed by atoms with E-state index in [9.17, 15) is 0 Å². The Labute approximate surface area is 134 Å². The molecule has 0 rings (SSSR count). The van der Waals surface area contributed by atoms with Gasteiger partial charge in [-0.25, -0.2) is 0 Å². The standard InChI is InChI=1S/C15H35N3O.C2H6/c1-14(8-10-16(3)4)17(5)11-9-15(2)18(6)12-13-19-7;1-2/h14-15H,8-13H2,1-7H3;1-2H3. The Morgan fingerprint density at radius 2 is 1.19 bits per heavy atom. The molecule has 0 aromatic carbocycles. The molecule has 0 saturated carbocycles. The normalized spacial score (nSPS) is 14.3. The number of rotatable bonds is 11. The van der Waals surface area contributed by atoms with Crippen molar-refractivity contribution in [1.82, 2.24) is 14.7 Å². The third-order valence-electron chi connectivity index (χ3n) is 4.05. The molecule has 0 aliphatic carbocycles. The minimum atomic E-state index is 0.610. The van der Waals surface area contributed by atoms with Gasteiger partial charge in [-0.1, -0.05) is 13.8 Å². The molecule has 0 aromatic heterocycles. The minimum Gasteiger partial charge on any atom is -0.383 e. The van der Waals surface area contributed by atoms with Crippen molar-refractivity contribution in [3.05, 3.63) is 0 Å². The van der Waals surface area contributed by atoms with Gasteiger partial charge in [0.05, 0.1) is 6.61 Å². The first kappa shape index (κ1) is 23.1. The Kier molecular flexibility index (Phi) is 16.2. The smallest absolute Gasteiger partial charge is 0.0589 e. The fourth-order valence-electron chi connectivity index (χ4n) is 1.95. The zero-order valence-corrected chi connectivity index (χ0v) is 16.1. The highest BCUT2D eigenvalue weighted by Crippen LogP contribution is 2.07. The average molecular weight is 304 g/mol. The molecule has 21 heavy (non-hydrogen) atoms. The summed E-state index contributed by atoms with van der Waals surface area (Å²) in [5.74, 6) is 0. The molecule has 0 aliphatic heterocycles. The molecule has 0 bridgehead atoms. The van der Waals surface area contributed by atoms with Gasteiger partial charge in [0.25, 0.3) is 0 Å². The zero-order chi connectivity index (χ0) is 16.8. The molecule has 2 atom stereocenters. The summed E-state index contributed by atoms with van der Waals surface area (Å²) in [5, 5.41) is 0. The summed E-state index contributed by atoms with van der Waals surface area (Å²) in [6.07, 6.45) is 2.44. The van der Waals surface area contributed by atoms with E-state index in [0.29, 0.717) is 12.1 Å². The van der Waals surface area contributed by atoms with Crippen LogP contribution in [0.25, 0.3) is 0 Å². The summed E-state index contributed by atoms with van der Waals surface area (Å²) < 4.78 is 5.12. The van der Waals surface area contributed by atoms with Crippen molar-refractivity contribution in [2.75, 3.05) is 61.5 Å². The van der Waals surface area contributed by atoms with Crippen LogP contribution in [0.4, 0.5) is 0 Å². The van der Waals surface area contributed by atoms with Gasteiger partial charge in [-0.05, 0) is 68.0 Å². The fourth-order valence-corrected chi connectivity index (χ4v) is 1.95. The van der Waals surface area contributed by atoms with E-state index in [1.54, 1.807) is 7.11 Å². The highest BCUT2D eigenvalue weighted by Gasteiger charge is 2.13. The van der Waals surface area contributed by atoms with Gasteiger partial charge in [-0.15, -0.1) is 0 Å². The highest BCUT2D eigenvalue weighted by molar-refractivity contribution is 4.69. The molecule has 130 valence electrons. The van der Waals surface area contributed by atoms with Crippen molar-refractivity contribution < 1.29 is 4.74 Å². The van der Waals surface area contributed by atoms with Crippen LogP contribution in [0.15, 0.2) is 0 Å². The molecule has 0 amide bonds. The maximum atomic E-state index is 5.12. The monoisotopic (exact) mass is 303 g/mol. The van der Waals surface area contributed by atoms with Crippen molar-refractivity contribution in [3.8, 4) is 0 Å². The Balaban J connectivity index is 0. The number of likely N-dealkylation sites (N-methyl/N-ethyl adjacent to an activating group) is 1. The number of nitrogens with zero attached hydrogens (tertiary/aromatic N) is 3. The summed E-state index contributed by atoms with van der Waals surface area (Å²) in [5.41, 5.74) is 0. The predicted molar refractivity (Wildman–Crippen MR) is 95.2 cm³/mol. The van der Waals surface area contributed by atoms with Crippen LogP contribution in [0.2, 0.25) is 0 Å².